The monoisotopic (exact) mass is 280 g/mol. The summed E-state index contributed by atoms with van der Waals surface area (Å²) < 4.78 is 0. The van der Waals surface area contributed by atoms with E-state index in [2.05, 4.69) is 34.1 Å². The molecule has 0 unspecified atom stereocenters. The largest absolute Gasteiger partial charge is 0.371 e. The van der Waals surface area contributed by atoms with E-state index in [0.29, 0.717) is 0 Å². The molecule has 3 heteroatoms. The van der Waals surface area contributed by atoms with Crippen LogP contribution in [0.25, 0.3) is 0 Å². The van der Waals surface area contributed by atoms with Gasteiger partial charge in [0.15, 0.2) is 5.78 Å². The van der Waals surface area contributed by atoms with Crippen LogP contribution in [0.15, 0.2) is 42.7 Å². The summed E-state index contributed by atoms with van der Waals surface area (Å²) in [5.41, 5.74) is 4.74. The Morgan fingerprint density at radius 3 is 2.81 bits per heavy atom. The van der Waals surface area contributed by atoms with Crippen LogP contribution in [0.4, 0.5) is 5.69 Å². The second-order valence-electron chi connectivity index (χ2n) is 5.60. The molecule has 0 bridgehead atoms. The first kappa shape index (κ1) is 13.8. The number of hydrogen-bond donors (Lipinski definition) is 0. The van der Waals surface area contributed by atoms with Crippen molar-refractivity contribution in [3.63, 3.8) is 0 Å². The summed E-state index contributed by atoms with van der Waals surface area (Å²) in [5, 5.41) is 0. The van der Waals surface area contributed by atoms with E-state index in [1.54, 1.807) is 6.92 Å². The lowest BCUT2D eigenvalue weighted by Gasteiger charge is -2.31. The second kappa shape index (κ2) is 6.08. The highest BCUT2D eigenvalue weighted by Gasteiger charge is 2.17. The summed E-state index contributed by atoms with van der Waals surface area (Å²) in [6.45, 7) is 3.74. The summed E-state index contributed by atoms with van der Waals surface area (Å²) >= 11 is 0. The summed E-state index contributed by atoms with van der Waals surface area (Å²) in [6.07, 6.45) is 6.95. The van der Waals surface area contributed by atoms with Gasteiger partial charge in [-0.15, -0.1) is 0 Å². The number of carbonyl (C=O) groups excluding carboxylic acids is 1. The van der Waals surface area contributed by atoms with Crippen molar-refractivity contribution in [1.29, 1.82) is 0 Å². The van der Waals surface area contributed by atoms with Gasteiger partial charge >= 0.3 is 0 Å². The molecule has 0 saturated carbocycles. The highest BCUT2D eigenvalue weighted by Crippen LogP contribution is 2.28. The van der Waals surface area contributed by atoms with Gasteiger partial charge in [0.05, 0.1) is 0 Å². The Balaban J connectivity index is 1.76. The summed E-state index contributed by atoms with van der Waals surface area (Å²) in [6, 6.07) is 10.3. The summed E-state index contributed by atoms with van der Waals surface area (Å²) in [4.78, 5) is 18.0. The number of carbonyl (C=O) groups is 1. The van der Waals surface area contributed by atoms with Crippen LogP contribution >= 0.6 is 0 Å². The number of anilines is 1. The van der Waals surface area contributed by atoms with E-state index in [1.165, 1.54) is 16.8 Å². The third-order valence-electron chi connectivity index (χ3n) is 4.12. The van der Waals surface area contributed by atoms with Gasteiger partial charge in [-0.3, -0.25) is 9.78 Å². The van der Waals surface area contributed by atoms with E-state index in [9.17, 15) is 4.79 Å². The molecule has 0 spiro atoms. The highest BCUT2D eigenvalue weighted by molar-refractivity contribution is 5.94. The molecule has 21 heavy (non-hydrogen) atoms. The third kappa shape index (κ3) is 3.13. The number of Topliss-reactive ketones (excluding diaryl/α,β-unsaturated/α-hetero) is 1. The van der Waals surface area contributed by atoms with Crippen LogP contribution in [-0.4, -0.2) is 23.9 Å². The number of aromatic nitrogens is 1. The van der Waals surface area contributed by atoms with Crippen LogP contribution in [0, 0.1) is 0 Å². The molecule has 1 aliphatic heterocycles. The van der Waals surface area contributed by atoms with Crippen LogP contribution in [0.5, 0.6) is 0 Å². The lowest BCUT2D eigenvalue weighted by molar-refractivity contribution is 0.101. The average molecular weight is 280 g/mol. The standard InChI is InChI=1S/C18H20N2O/c1-14(21)16-4-5-18-17(13-16)3-2-11-20(18)12-8-15-6-9-19-10-7-15/h4-7,9-10,13H,2-3,8,11-12H2,1H3. The molecule has 0 amide bonds. The van der Waals surface area contributed by atoms with Crippen molar-refractivity contribution < 1.29 is 4.79 Å². The van der Waals surface area contributed by atoms with E-state index < -0.39 is 0 Å². The van der Waals surface area contributed by atoms with Gasteiger partial charge in [0.25, 0.3) is 0 Å². The van der Waals surface area contributed by atoms with E-state index in [-0.39, 0.29) is 5.78 Å². The van der Waals surface area contributed by atoms with E-state index >= 15 is 0 Å². The molecule has 0 N–H and O–H groups in total. The molecule has 2 heterocycles. The fourth-order valence-corrected chi connectivity index (χ4v) is 2.94. The van der Waals surface area contributed by atoms with Crippen molar-refractivity contribution >= 4 is 11.5 Å². The van der Waals surface area contributed by atoms with Gasteiger partial charge < -0.3 is 4.90 Å². The molecule has 1 aromatic heterocycles. The van der Waals surface area contributed by atoms with Gasteiger partial charge in [0, 0.05) is 36.7 Å². The minimum Gasteiger partial charge on any atom is -0.371 e. The fourth-order valence-electron chi connectivity index (χ4n) is 2.94. The third-order valence-corrected chi connectivity index (χ3v) is 4.12. The Bertz CT molecular complexity index is 637. The maximum absolute atomic E-state index is 11.5. The Hall–Kier alpha value is -2.16. The topological polar surface area (TPSA) is 33.2 Å². The molecule has 2 aromatic rings. The van der Waals surface area contributed by atoms with Crippen molar-refractivity contribution in [2.45, 2.75) is 26.2 Å². The highest BCUT2D eigenvalue weighted by atomic mass is 16.1. The van der Waals surface area contributed by atoms with Gasteiger partial charge in [-0.1, -0.05) is 0 Å². The Kier molecular flexibility index (Phi) is 4.00. The van der Waals surface area contributed by atoms with E-state index in [1.807, 2.05) is 18.5 Å². The number of fused-ring (bicyclic) bond motifs is 1. The smallest absolute Gasteiger partial charge is 0.159 e. The van der Waals surface area contributed by atoms with Crippen LogP contribution in [0.1, 0.15) is 34.8 Å². The average Bonchev–Trinajstić information content (AvgIpc) is 2.53. The van der Waals surface area contributed by atoms with Gasteiger partial charge in [0.2, 0.25) is 0 Å². The molecule has 1 aliphatic rings. The Morgan fingerprint density at radius 1 is 1.24 bits per heavy atom. The normalized spacial score (nSPS) is 13.9. The maximum Gasteiger partial charge on any atom is 0.159 e. The lowest BCUT2D eigenvalue weighted by Crippen LogP contribution is -2.31. The molecule has 1 aromatic carbocycles. The molecule has 0 saturated heterocycles. The second-order valence-corrected chi connectivity index (χ2v) is 5.60. The first-order valence-corrected chi connectivity index (χ1v) is 7.52. The van der Waals surface area contributed by atoms with Gasteiger partial charge in [-0.05, 0) is 67.6 Å². The molecular formula is C18H20N2O. The number of aryl methyl sites for hydroxylation is 1. The zero-order valence-corrected chi connectivity index (χ0v) is 12.4. The van der Waals surface area contributed by atoms with Crippen LogP contribution in [0.2, 0.25) is 0 Å². The molecule has 0 aliphatic carbocycles. The van der Waals surface area contributed by atoms with E-state index in [4.69, 9.17) is 0 Å². The molecule has 0 fully saturated rings. The fraction of sp³-hybridized carbons (Fsp3) is 0.333. The molecule has 3 nitrogen and oxygen atoms in total. The Morgan fingerprint density at radius 2 is 2.05 bits per heavy atom. The van der Waals surface area contributed by atoms with Crippen LogP contribution < -0.4 is 4.90 Å². The Labute approximate surface area is 125 Å². The predicted octanol–water partition coefficient (Wildman–Crippen LogP) is 3.28. The van der Waals surface area contributed by atoms with Crippen molar-refractivity contribution in [2.75, 3.05) is 18.0 Å². The summed E-state index contributed by atoms with van der Waals surface area (Å²) in [7, 11) is 0. The zero-order chi connectivity index (χ0) is 14.7. The molecular weight excluding hydrogens is 260 g/mol. The van der Waals surface area contributed by atoms with Crippen molar-refractivity contribution in [1.82, 2.24) is 4.98 Å². The van der Waals surface area contributed by atoms with Gasteiger partial charge in [0.1, 0.15) is 0 Å². The number of ketones is 1. The maximum atomic E-state index is 11.5. The molecule has 0 atom stereocenters. The number of pyridine rings is 1. The number of nitrogens with zero attached hydrogens (tertiary/aromatic N) is 2. The molecule has 3 rings (SSSR count). The number of benzene rings is 1. The van der Waals surface area contributed by atoms with Crippen LogP contribution in [0.3, 0.4) is 0 Å². The number of hydrogen-bond acceptors (Lipinski definition) is 3. The minimum atomic E-state index is 0.145. The van der Waals surface area contributed by atoms with Crippen molar-refractivity contribution in [3.05, 3.63) is 59.4 Å². The number of rotatable bonds is 4. The first-order chi connectivity index (χ1) is 10.2. The van der Waals surface area contributed by atoms with Crippen molar-refractivity contribution in [3.8, 4) is 0 Å². The lowest BCUT2D eigenvalue weighted by atomic mass is 9.97. The van der Waals surface area contributed by atoms with Crippen LogP contribution in [-0.2, 0) is 12.8 Å². The zero-order valence-electron chi connectivity index (χ0n) is 12.4. The van der Waals surface area contributed by atoms with E-state index in [0.717, 1.165) is 37.9 Å². The minimum absolute atomic E-state index is 0.145. The predicted molar refractivity (Wildman–Crippen MR) is 84.9 cm³/mol. The molecule has 108 valence electrons. The first-order valence-electron chi connectivity index (χ1n) is 7.52. The SMILES string of the molecule is CC(=O)c1ccc2c(c1)CCCN2CCc1ccncc1. The molecule has 0 radical (unpaired) electrons. The van der Waals surface area contributed by atoms with Crippen molar-refractivity contribution in [2.24, 2.45) is 0 Å². The van der Waals surface area contributed by atoms with Gasteiger partial charge in [-0.2, -0.15) is 0 Å². The quantitative estimate of drug-likeness (QED) is 0.806. The summed E-state index contributed by atoms with van der Waals surface area (Å²) in [5.74, 6) is 0.145. The van der Waals surface area contributed by atoms with Gasteiger partial charge in [-0.25, -0.2) is 0 Å².